The summed E-state index contributed by atoms with van der Waals surface area (Å²) in [6.07, 6.45) is 0.834. The monoisotopic (exact) mass is 199 g/mol. The Bertz CT molecular complexity index is 250. The summed E-state index contributed by atoms with van der Waals surface area (Å²) in [4.78, 5) is 27.3. The van der Waals surface area contributed by atoms with Crippen LogP contribution in [0.3, 0.4) is 0 Å². The summed E-state index contributed by atoms with van der Waals surface area (Å²) in [5.41, 5.74) is 2.20. The van der Waals surface area contributed by atoms with Crippen molar-refractivity contribution in [2.45, 2.75) is 12.5 Å². The van der Waals surface area contributed by atoms with Crippen molar-refractivity contribution < 1.29 is 14.4 Å². The van der Waals surface area contributed by atoms with E-state index >= 15 is 0 Å². The molecule has 0 aromatic heterocycles. The Kier molecular flexibility index (Phi) is 2.64. The summed E-state index contributed by atoms with van der Waals surface area (Å²) in [6.45, 7) is 1.78. The lowest BCUT2D eigenvalue weighted by atomic mass is 10.1. The summed E-state index contributed by atoms with van der Waals surface area (Å²) in [7, 11) is 0. The lowest BCUT2D eigenvalue weighted by Crippen LogP contribution is -2.44. The Morgan fingerprint density at radius 2 is 2.43 bits per heavy atom. The lowest BCUT2D eigenvalue weighted by Gasteiger charge is -2.12. The van der Waals surface area contributed by atoms with Gasteiger partial charge in [-0.1, -0.05) is 0 Å². The van der Waals surface area contributed by atoms with E-state index in [-0.39, 0.29) is 24.3 Å². The Morgan fingerprint density at radius 1 is 1.57 bits per heavy atom. The molecule has 0 radical (unpaired) electrons. The van der Waals surface area contributed by atoms with Crippen LogP contribution in [0.25, 0.3) is 0 Å². The zero-order chi connectivity index (χ0) is 9.97. The molecule has 0 saturated carbocycles. The second kappa shape index (κ2) is 3.93. The molecule has 6 nitrogen and oxygen atoms in total. The van der Waals surface area contributed by atoms with Gasteiger partial charge in [0.2, 0.25) is 5.91 Å². The fourth-order valence-corrected chi connectivity index (χ4v) is 1.62. The van der Waals surface area contributed by atoms with Crippen LogP contribution in [-0.2, 0) is 14.4 Å². The molecule has 2 rings (SSSR count). The molecule has 6 heteroatoms. The molecule has 3 N–H and O–H groups in total. The minimum absolute atomic E-state index is 0.0107. The average molecular weight is 199 g/mol. The van der Waals surface area contributed by atoms with Crippen molar-refractivity contribution in [1.29, 1.82) is 0 Å². The van der Waals surface area contributed by atoms with Crippen molar-refractivity contribution in [3.63, 3.8) is 0 Å². The van der Waals surface area contributed by atoms with Gasteiger partial charge in [0.25, 0.3) is 5.91 Å². The predicted molar refractivity (Wildman–Crippen MR) is 47.0 cm³/mol. The fourth-order valence-electron chi connectivity index (χ4n) is 1.62. The van der Waals surface area contributed by atoms with Crippen LogP contribution in [-0.4, -0.2) is 37.6 Å². The van der Waals surface area contributed by atoms with E-state index in [2.05, 4.69) is 16.1 Å². The standard InChI is InChI=1S/C8H13N3O3/c12-7(5-1-2-9-3-5)10-6-4-14-11-8(6)13/h5-6,9H,1-4H2,(H,10,12)(H,11,13)/t5?,6-/m1/s1. The van der Waals surface area contributed by atoms with E-state index in [1.54, 1.807) is 0 Å². The topological polar surface area (TPSA) is 79.5 Å². The smallest absolute Gasteiger partial charge is 0.268 e. The van der Waals surface area contributed by atoms with Gasteiger partial charge in [-0.25, -0.2) is 5.48 Å². The number of amides is 2. The summed E-state index contributed by atoms with van der Waals surface area (Å²) in [5.74, 6) is -0.353. The molecular weight excluding hydrogens is 186 g/mol. The maximum Gasteiger partial charge on any atom is 0.268 e. The first-order chi connectivity index (χ1) is 6.77. The zero-order valence-corrected chi connectivity index (χ0v) is 7.71. The van der Waals surface area contributed by atoms with Crippen molar-refractivity contribution in [2.24, 2.45) is 5.92 Å². The molecule has 0 aliphatic carbocycles. The molecule has 2 atom stereocenters. The second-order valence-electron chi connectivity index (χ2n) is 3.53. The first kappa shape index (κ1) is 9.42. The van der Waals surface area contributed by atoms with Crippen LogP contribution in [0.15, 0.2) is 0 Å². The van der Waals surface area contributed by atoms with Gasteiger partial charge in [0.15, 0.2) is 0 Å². The molecule has 2 fully saturated rings. The van der Waals surface area contributed by atoms with Gasteiger partial charge in [0, 0.05) is 6.54 Å². The average Bonchev–Trinajstić information content (AvgIpc) is 2.77. The van der Waals surface area contributed by atoms with E-state index in [9.17, 15) is 9.59 Å². The summed E-state index contributed by atoms with van der Waals surface area (Å²) in [6, 6.07) is -0.525. The molecule has 2 amide bonds. The SMILES string of the molecule is O=C(N[C@@H]1CONC1=O)C1CCNC1. The van der Waals surface area contributed by atoms with Crippen LogP contribution in [0, 0.1) is 5.92 Å². The molecule has 0 aromatic carbocycles. The third-order valence-corrected chi connectivity index (χ3v) is 2.49. The van der Waals surface area contributed by atoms with Crippen molar-refractivity contribution in [1.82, 2.24) is 16.1 Å². The van der Waals surface area contributed by atoms with Gasteiger partial charge in [-0.2, -0.15) is 0 Å². The third-order valence-electron chi connectivity index (χ3n) is 2.49. The number of nitrogens with one attached hydrogen (secondary N) is 3. The molecule has 2 saturated heterocycles. The zero-order valence-electron chi connectivity index (χ0n) is 7.71. The highest BCUT2D eigenvalue weighted by molar-refractivity contribution is 5.89. The molecule has 78 valence electrons. The first-order valence-electron chi connectivity index (χ1n) is 4.70. The molecule has 2 heterocycles. The van der Waals surface area contributed by atoms with Crippen LogP contribution in [0.2, 0.25) is 0 Å². The highest BCUT2D eigenvalue weighted by Gasteiger charge is 2.30. The largest absolute Gasteiger partial charge is 0.342 e. The van der Waals surface area contributed by atoms with Gasteiger partial charge in [0.05, 0.1) is 5.92 Å². The number of carbonyl (C=O) groups is 2. The molecule has 0 aromatic rings. The van der Waals surface area contributed by atoms with Crippen molar-refractivity contribution >= 4 is 11.8 Å². The Hall–Kier alpha value is -1.14. The van der Waals surface area contributed by atoms with Gasteiger partial charge in [-0.15, -0.1) is 0 Å². The summed E-state index contributed by atoms with van der Waals surface area (Å²) >= 11 is 0. The number of hydrogen-bond acceptors (Lipinski definition) is 4. The van der Waals surface area contributed by atoms with E-state index in [0.29, 0.717) is 6.54 Å². The third kappa shape index (κ3) is 1.85. The molecule has 0 spiro atoms. The second-order valence-corrected chi connectivity index (χ2v) is 3.53. The van der Waals surface area contributed by atoms with Crippen LogP contribution >= 0.6 is 0 Å². The van der Waals surface area contributed by atoms with Gasteiger partial charge < -0.3 is 10.6 Å². The Labute approximate surface area is 81.3 Å². The van der Waals surface area contributed by atoms with Crippen LogP contribution in [0.4, 0.5) is 0 Å². The Morgan fingerprint density at radius 3 is 3.00 bits per heavy atom. The van der Waals surface area contributed by atoms with Gasteiger partial charge in [-0.05, 0) is 13.0 Å². The highest BCUT2D eigenvalue weighted by Crippen LogP contribution is 2.08. The van der Waals surface area contributed by atoms with Crippen molar-refractivity contribution in [3.05, 3.63) is 0 Å². The maximum atomic E-state index is 11.6. The highest BCUT2D eigenvalue weighted by atomic mass is 16.7. The fraction of sp³-hybridized carbons (Fsp3) is 0.750. The maximum absolute atomic E-state index is 11.6. The molecular formula is C8H13N3O3. The minimum Gasteiger partial charge on any atom is -0.342 e. The van der Waals surface area contributed by atoms with E-state index in [4.69, 9.17) is 4.84 Å². The van der Waals surface area contributed by atoms with Crippen LogP contribution < -0.4 is 16.1 Å². The molecule has 2 aliphatic rings. The lowest BCUT2D eigenvalue weighted by molar-refractivity contribution is -0.130. The van der Waals surface area contributed by atoms with Gasteiger partial charge >= 0.3 is 0 Å². The van der Waals surface area contributed by atoms with Crippen molar-refractivity contribution in [2.75, 3.05) is 19.7 Å². The van der Waals surface area contributed by atoms with E-state index in [0.717, 1.165) is 13.0 Å². The van der Waals surface area contributed by atoms with Gasteiger partial charge in [0.1, 0.15) is 12.6 Å². The van der Waals surface area contributed by atoms with Crippen molar-refractivity contribution in [3.8, 4) is 0 Å². The molecule has 2 aliphatic heterocycles. The normalized spacial score (nSPS) is 31.6. The van der Waals surface area contributed by atoms with Crippen LogP contribution in [0.5, 0.6) is 0 Å². The van der Waals surface area contributed by atoms with E-state index < -0.39 is 6.04 Å². The predicted octanol–water partition coefficient (Wildman–Crippen LogP) is -1.86. The van der Waals surface area contributed by atoms with Gasteiger partial charge in [-0.3, -0.25) is 14.4 Å². The summed E-state index contributed by atoms with van der Waals surface area (Å²) in [5, 5.41) is 5.75. The number of hydroxylamine groups is 1. The Balaban J connectivity index is 1.84. The quantitative estimate of drug-likeness (QED) is 0.487. The number of hydrogen-bond donors (Lipinski definition) is 3. The molecule has 14 heavy (non-hydrogen) atoms. The number of carbonyl (C=O) groups excluding carboxylic acids is 2. The van der Waals surface area contributed by atoms with E-state index in [1.807, 2.05) is 0 Å². The van der Waals surface area contributed by atoms with Crippen LogP contribution in [0.1, 0.15) is 6.42 Å². The number of rotatable bonds is 2. The molecule has 1 unspecified atom stereocenters. The summed E-state index contributed by atoms with van der Waals surface area (Å²) < 4.78 is 0. The molecule has 0 bridgehead atoms. The minimum atomic E-state index is -0.525. The van der Waals surface area contributed by atoms with E-state index in [1.165, 1.54) is 0 Å². The first-order valence-corrected chi connectivity index (χ1v) is 4.70.